The first-order valence-electron chi connectivity index (χ1n) is 17.8. The fourth-order valence-corrected chi connectivity index (χ4v) is 8.68. The average molecular weight is 655 g/mol. The van der Waals surface area contributed by atoms with Crippen LogP contribution < -0.4 is 4.74 Å². The summed E-state index contributed by atoms with van der Waals surface area (Å²) >= 11 is 0. The molecule has 6 atom stereocenters. The summed E-state index contributed by atoms with van der Waals surface area (Å²) in [5.41, 5.74) is 4.41. The highest BCUT2D eigenvalue weighted by Crippen LogP contribution is 2.63. The van der Waals surface area contributed by atoms with E-state index in [1.165, 1.54) is 43.2 Å². The van der Waals surface area contributed by atoms with Crippen LogP contribution in [0.2, 0.25) is 0 Å². The third-order valence-electron chi connectivity index (χ3n) is 10.9. The standard InChI is InChI=1S/C39H58O8/c1-39-17-16-35-34-13-12-33(46-28-40-2)26-32(34)25-31(38(35)36(39)14-15-37(39)47-29-41-3)11-7-8-18-42-19-20-43-21-22-44-23-24-45-27-30-9-5-4-6-10-30/h4-6,9-10,12-13,26,31,35-38H,7-8,11,14-25,27-29H2,1-3H3/t31-,35-,36+,37+,38-,39+/m1/s1. The third kappa shape index (κ3) is 10.0. The minimum absolute atomic E-state index is 0.223. The van der Waals surface area contributed by atoms with Gasteiger partial charge in [-0.05, 0) is 103 Å². The Bertz CT molecular complexity index is 1160. The summed E-state index contributed by atoms with van der Waals surface area (Å²) in [6.45, 7) is 8.08. The molecule has 2 saturated carbocycles. The molecule has 2 fully saturated rings. The molecule has 2 aromatic carbocycles. The van der Waals surface area contributed by atoms with Crippen molar-refractivity contribution in [1.29, 1.82) is 0 Å². The van der Waals surface area contributed by atoms with Crippen molar-refractivity contribution in [3.05, 3.63) is 65.2 Å². The molecule has 3 aliphatic rings. The van der Waals surface area contributed by atoms with Crippen LogP contribution in [0.5, 0.6) is 5.75 Å². The Morgan fingerprint density at radius 3 is 2.21 bits per heavy atom. The van der Waals surface area contributed by atoms with Gasteiger partial charge in [-0.25, -0.2) is 0 Å². The van der Waals surface area contributed by atoms with E-state index in [-0.39, 0.29) is 12.2 Å². The molecule has 3 aliphatic carbocycles. The van der Waals surface area contributed by atoms with E-state index in [1.54, 1.807) is 19.8 Å². The minimum atomic E-state index is 0.223. The monoisotopic (exact) mass is 654 g/mol. The van der Waals surface area contributed by atoms with E-state index in [4.69, 9.17) is 37.9 Å². The second-order valence-electron chi connectivity index (χ2n) is 13.7. The number of hydrogen-bond acceptors (Lipinski definition) is 8. The Balaban J connectivity index is 1.01. The number of ether oxygens (including phenoxy) is 8. The van der Waals surface area contributed by atoms with E-state index in [1.807, 2.05) is 18.2 Å². The molecule has 2 aromatic rings. The van der Waals surface area contributed by atoms with Gasteiger partial charge in [-0.15, -0.1) is 0 Å². The lowest BCUT2D eigenvalue weighted by Gasteiger charge is -2.53. The van der Waals surface area contributed by atoms with Gasteiger partial charge in [0.05, 0.1) is 52.4 Å². The van der Waals surface area contributed by atoms with Crippen molar-refractivity contribution in [1.82, 2.24) is 0 Å². The lowest BCUT2D eigenvalue weighted by atomic mass is 9.52. The zero-order chi connectivity index (χ0) is 32.7. The highest BCUT2D eigenvalue weighted by molar-refractivity contribution is 5.41. The van der Waals surface area contributed by atoms with Crippen LogP contribution in [0.25, 0.3) is 0 Å². The number of methoxy groups -OCH3 is 2. The van der Waals surface area contributed by atoms with Gasteiger partial charge in [0, 0.05) is 20.8 Å². The van der Waals surface area contributed by atoms with Gasteiger partial charge in [0.1, 0.15) is 12.5 Å². The summed E-state index contributed by atoms with van der Waals surface area (Å²) < 4.78 is 45.5. The lowest BCUT2D eigenvalue weighted by molar-refractivity contribution is -0.128. The molecule has 0 radical (unpaired) electrons. The van der Waals surface area contributed by atoms with Crippen LogP contribution in [-0.4, -0.2) is 80.2 Å². The normalized spacial score (nSPS) is 26.5. The van der Waals surface area contributed by atoms with Gasteiger partial charge in [0.25, 0.3) is 0 Å². The number of hydrogen-bond donors (Lipinski definition) is 0. The number of benzene rings is 2. The highest BCUT2D eigenvalue weighted by atomic mass is 16.7. The van der Waals surface area contributed by atoms with Crippen molar-refractivity contribution in [3.63, 3.8) is 0 Å². The van der Waals surface area contributed by atoms with E-state index >= 15 is 0 Å². The molecular weight excluding hydrogens is 596 g/mol. The van der Waals surface area contributed by atoms with Crippen molar-refractivity contribution >= 4 is 0 Å². The van der Waals surface area contributed by atoms with E-state index < -0.39 is 0 Å². The van der Waals surface area contributed by atoms with Crippen LogP contribution in [0.4, 0.5) is 0 Å². The molecule has 47 heavy (non-hydrogen) atoms. The van der Waals surface area contributed by atoms with E-state index in [2.05, 4.69) is 37.3 Å². The SMILES string of the molecule is COCOc1ccc2c(c1)C[C@@H](CCCCOCCOCCOCCOCc1ccccc1)[C@@H]1[C@@H]2CC[C@]2(C)[C@@H](OCOC)CC[C@@H]12. The van der Waals surface area contributed by atoms with Gasteiger partial charge in [0.15, 0.2) is 6.79 Å². The maximum Gasteiger partial charge on any atom is 0.188 e. The largest absolute Gasteiger partial charge is 0.468 e. The van der Waals surface area contributed by atoms with Gasteiger partial charge in [-0.1, -0.05) is 49.7 Å². The van der Waals surface area contributed by atoms with Gasteiger partial charge in [0.2, 0.25) is 0 Å². The zero-order valence-electron chi connectivity index (χ0n) is 29.0. The Morgan fingerprint density at radius 2 is 1.47 bits per heavy atom. The van der Waals surface area contributed by atoms with E-state index in [0.29, 0.717) is 82.8 Å². The lowest BCUT2D eigenvalue weighted by Crippen LogP contribution is -2.47. The molecule has 0 heterocycles. The number of unbranched alkanes of at least 4 members (excludes halogenated alkanes) is 1. The summed E-state index contributed by atoms with van der Waals surface area (Å²) in [5, 5.41) is 0. The smallest absolute Gasteiger partial charge is 0.188 e. The molecule has 262 valence electrons. The first-order chi connectivity index (χ1) is 23.1. The van der Waals surface area contributed by atoms with Gasteiger partial charge >= 0.3 is 0 Å². The Kier molecular flexibility index (Phi) is 14.8. The molecule has 0 N–H and O–H groups in total. The molecule has 0 amide bonds. The fourth-order valence-electron chi connectivity index (χ4n) is 8.68. The van der Waals surface area contributed by atoms with Gasteiger partial charge in [-0.2, -0.15) is 0 Å². The summed E-state index contributed by atoms with van der Waals surface area (Å²) in [4.78, 5) is 0. The topological polar surface area (TPSA) is 73.8 Å². The molecule has 0 aromatic heterocycles. The molecule has 0 spiro atoms. The molecule has 0 bridgehead atoms. The minimum Gasteiger partial charge on any atom is -0.468 e. The molecule has 0 unspecified atom stereocenters. The summed E-state index contributed by atoms with van der Waals surface area (Å²) in [5.74, 6) is 3.55. The van der Waals surface area contributed by atoms with Crippen molar-refractivity contribution in [3.8, 4) is 5.75 Å². The first kappa shape index (κ1) is 36.2. The maximum absolute atomic E-state index is 6.27. The highest BCUT2D eigenvalue weighted by Gasteiger charge is 2.57. The van der Waals surface area contributed by atoms with Crippen molar-refractivity contribution in [2.24, 2.45) is 23.2 Å². The van der Waals surface area contributed by atoms with Gasteiger partial charge in [-0.3, -0.25) is 0 Å². The molecule has 5 rings (SSSR count). The quantitative estimate of drug-likeness (QED) is 0.0977. The van der Waals surface area contributed by atoms with Crippen LogP contribution in [0.3, 0.4) is 0 Å². The molecule has 0 saturated heterocycles. The predicted octanol–water partition coefficient (Wildman–Crippen LogP) is 7.18. The Morgan fingerprint density at radius 1 is 0.745 bits per heavy atom. The average Bonchev–Trinajstić information content (AvgIpc) is 3.43. The first-order valence-corrected chi connectivity index (χ1v) is 17.8. The van der Waals surface area contributed by atoms with Crippen LogP contribution in [0.1, 0.15) is 74.5 Å². The summed E-state index contributed by atoms with van der Waals surface area (Å²) in [6.07, 6.45) is 9.73. The van der Waals surface area contributed by atoms with Crippen LogP contribution in [0.15, 0.2) is 48.5 Å². The third-order valence-corrected chi connectivity index (χ3v) is 10.9. The van der Waals surface area contributed by atoms with E-state index in [9.17, 15) is 0 Å². The second kappa shape index (κ2) is 19.2. The fraction of sp³-hybridized carbons (Fsp3) is 0.692. The second-order valence-corrected chi connectivity index (χ2v) is 13.7. The zero-order valence-corrected chi connectivity index (χ0v) is 29.0. The summed E-state index contributed by atoms with van der Waals surface area (Å²) in [6, 6.07) is 16.9. The maximum atomic E-state index is 6.27. The predicted molar refractivity (Wildman–Crippen MR) is 182 cm³/mol. The van der Waals surface area contributed by atoms with Crippen molar-refractivity contribution < 1.29 is 37.9 Å². The van der Waals surface area contributed by atoms with Crippen LogP contribution >= 0.6 is 0 Å². The number of fused-ring (bicyclic) bond motifs is 5. The Labute approximate surface area is 282 Å². The molecule has 8 heteroatoms. The molecule has 0 aliphatic heterocycles. The van der Waals surface area contributed by atoms with Gasteiger partial charge < -0.3 is 37.9 Å². The molecule has 8 nitrogen and oxygen atoms in total. The van der Waals surface area contributed by atoms with Crippen molar-refractivity contribution in [2.75, 3.05) is 74.1 Å². The Hall–Kier alpha value is -2.04. The van der Waals surface area contributed by atoms with Crippen LogP contribution in [-0.2, 0) is 46.2 Å². The molecular formula is C39H58O8. The van der Waals surface area contributed by atoms with Crippen molar-refractivity contribution in [2.45, 2.75) is 76.9 Å². The van der Waals surface area contributed by atoms with E-state index in [0.717, 1.165) is 31.6 Å². The number of rotatable bonds is 22. The summed E-state index contributed by atoms with van der Waals surface area (Å²) in [7, 11) is 3.39. The van der Waals surface area contributed by atoms with Crippen LogP contribution in [0, 0.1) is 23.2 Å².